The highest BCUT2D eigenvalue weighted by atomic mass is 15.2. The number of aryl methyl sites for hydroxylation is 1. The second-order valence-corrected chi connectivity index (χ2v) is 6.53. The van der Waals surface area contributed by atoms with Crippen LogP contribution in [0.2, 0.25) is 0 Å². The van der Waals surface area contributed by atoms with Crippen molar-refractivity contribution in [3.05, 3.63) is 35.4 Å². The number of likely N-dealkylation sites (tertiary alicyclic amines) is 1. The molecule has 18 heavy (non-hydrogen) atoms. The fourth-order valence-electron chi connectivity index (χ4n) is 3.06. The lowest BCUT2D eigenvalue weighted by Gasteiger charge is -2.47. The third-order valence-corrected chi connectivity index (χ3v) is 3.92. The molecule has 2 N–H and O–H groups in total. The normalized spacial score (nSPS) is 26.3. The fourth-order valence-corrected chi connectivity index (χ4v) is 3.06. The van der Waals surface area contributed by atoms with Crippen molar-refractivity contribution in [3.63, 3.8) is 0 Å². The van der Waals surface area contributed by atoms with E-state index in [4.69, 9.17) is 5.73 Å². The molecule has 100 valence electrons. The average Bonchev–Trinajstić information content (AvgIpc) is 2.27. The van der Waals surface area contributed by atoms with Crippen LogP contribution < -0.4 is 5.73 Å². The molecule has 1 saturated heterocycles. The van der Waals surface area contributed by atoms with Gasteiger partial charge in [-0.15, -0.1) is 0 Å². The highest BCUT2D eigenvalue weighted by Crippen LogP contribution is 2.35. The van der Waals surface area contributed by atoms with Crippen molar-refractivity contribution in [3.8, 4) is 0 Å². The number of rotatable bonds is 1. The number of nitrogens with two attached hydrogens (primary N) is 1. The van der Waals surface area contributed by atoms with E-state index in [2.05, 4.69) is 56.9 Å². The van der Waals surface area contributed by atoms with Crippen LogP contribution in [0.1, 0.15) is 50.8 Å². The maximum Gasteiger partial charge on any atom is 0.0504 e. The van der Waals surface area contributed by atoms with Crippen molar-refractivity contribution in [2.24, 2.45) is 5.73 Å². The van der Waals surface area contributed by atoms with Gasteiger partial charge in [0.05, 0.1) is 6.04 Å². The van der Waals surface area contributed by atoms with Gasteiger partial charge in [0.2, 0.25) is 0 Å². The van der Waals surface area contributed by atoms with E-state index in [-0.39, 0.29) is 11.6 Å². The van der Waals surface area contributed by atoms with E-state index in [1.165, 1.54) is 17.5 Å². The van der Waals surface area contributed by atoms with Crippen LogP contribution in [-0.4, -0.2) is 23.0 Å². The number of nitrogens with zero attached hydrogens (tertiary/aromatic N) is 1. The highest BCUT2D eigenvalue weighted by Gasteiger charge is 2.36. The number of piperidine rings is 1. The van der Waals surface area contributed by atoms with Gasteiger partial charge in [-0.1, -0.05) is 29.8 Å². The van der Waals surface area contributed by atoms with E-state index in [0.29, 0.717) is 6.04 Å². The molecule has 0 spiro atoms. The second-order valence-electron chi connectivity index (χ2n) is 6.53. The summed E-state index contributed by atoms with van der Waals surface area (Å²) in [5, 5.41) is 0. The first-order valence-electron chi connectivity index (χ1n) is 6.98. The molecule has 2 nitrogen and oxygen atoms in total. The van der Waals surface area contributed by atoms with Crippen LogP contribution in [0.25, 0.3) is 0 Å². The number of benzene rings is 1. The molecular weight excluding hydrogens is 220 g/mol. The molecule has 0 radical (unpaired) electrons. The van der Waals surface area contributed by atoms with E-state index < -0.39 is 0 Å². The van der Waals surface area contributed by atoms with Gasteiger partial charge in [0, 0.05) is 11.6 Å². The third-order valence-electron chi connectivity index (χ3n) is 3.92. The first-order chi connectivity index (χ1) is 8.39. The molecule has 1 heterocycles. The van der Waals surface area contributed by atoms with E-state index in [0.717, 1.165) is 13.0 Å². The maximum absolute atomic E-state index is 6.41. The van der Waals surface area contributed by atoms with Gasteiger partial charge >= 0.3 is 0 Å². The predicted molar refractivity (Wildman–Crippen MR) is 77.6 cm³/mol. The van der Waals surface area contributed by atoms with E-state index >= 15 is 0 Å². The molecule has 2 unspecified atom stereocenters. The van der Waals surface area contributed by atoms with Crippen molar-refractivity contribution < 1.29 is 0 Å². The van der Waals surface area contributed by atoms with E-state index in [1.54, 1.807) is 0 Å². The van der Waals surface area contributed by atoms with Crippen LogP contribution in [0.5, 0.6) is 0 Å². The van der Waals surface area contributed by atoms with Crippen LogP contribution in [-0.2, 0) is 0 Å². The molecule has 2 heteroatoms. The lowest BCUT2D eigenvalue weighted by atomic mass is 9.86. The molecule has 0 amide bonds. The van der Waals surface area contributed by atoms with Crippen LogP contribution in [0.15, 0.2) is 24.3 Å². The van der Waals surface area contributed by atoms with Gasteiger partial charge in [-0.05, 0) is 52.6 Å². The third kappa shape index (κ3) is 2.76. The molecule has 2 rings (SSSR count). The lowest BCUT2D eigenvalue weighted by molar-refractivity contribution is 0.0384. The summed E-state index contributed by atoms with van der Waals surface area (Å²) in [5.41, 5.74) is 9.27. The van der Waals surface area contributed by atoms with Crippen LogP contribution in [0.3, 0.4) is 0 Å². The van der Waals surface area contributed by atoms with Crippen LogP contribution in [0, 0.1) is 6.92 Å². The molecule has 1 aromatic carbocycles. The lowest BCUT2D eigenvalue weighted by Crippen LogP contribution is -2.53. The zero-order chi connectivity index (χ0) is 13.3. The summed E-state index contributed by atoms with van der Waals surface area (Å²) in [7, 11) is 0. The Hall–Kier alpha value is -0.860. The van der Waals surface area contributed by atoms with Gasteiger partial charge in [0.1, 0.15) is 0 Å². The summed E-state index contributed by atoms with van der Waals surface area (Å²) in [6.45, 7) is 10.2. The Labute approximate surface area is 111 Å². The SMILES string of the molecule is Cc1cccc(C2C(N)CCCN2C(C)(C)C)c1. The Morgan fingerprint density at radius 2 is 2.00 bits per heavy atom. The molecule has 0 saturated carbocycles. The van der Waals surface area contributed by atoms with Gasteiger partial charge in [-0.3, -0.25) is 4.90 Å². The zero-order valence-corrected chi connectivity index (χ0v) is 12.1. The molecular formula is C16H26N2. The van der Waals surface area contributed by atoms with E-state index in [9.17, 15) is 0 Å². The minimum absolute atomic E-state index is 0.173. The molecule has 0 bridgehead atoms. The Kier molecular flexibility index (Phi) is 3.79. The summed E-state index contributed by atoms with van der Waals surface area (Å²) >= 11 is 0. The first-order valence-corrected chi connectivity index (χ1v) is 6.98. The molecule has 0 aromatic heterocycles. The van der Waals surface area contributed by atoms with Crippen molar-refractivity contribution in [1.29, 1.82) is 0 Å². The summed E-state index contributed by atoms with van der Waals surface area (Å²) in [6, 6.07) is 9.42. The smallest absolute Gasteiger partial charge is 0.0504 e. The molecule has 1 aromatic rings. The van der Waals surface area contributed by atoms with Gasteiger partial charge in [-0.2, -0.15) is 0 Å². The van der Waals surface area contributed by atoms with Crippen LogP contribution >= 0.6 is 0 Å². The summed E-state index contributed by atoms with van der Waals surface area (Å²) < 4.78 is 0. The number of hydrogen-bond donors (Lipinski definition) is 1. The largest absolute Gasteiger partial charge is 0.326 e. The molecule has 2 atom stereocenters. The molecule has 1 fully saturated rings. The summed E-state index contributed by atoms with van der Waals surface area (Å²) in [5.74, 6) is 0. The minimum Gasteiger partial charge on any atom is -0.326 e. The monoisotopic (exact) mass is 246 g/mol. The van der Waals surface area contributed by atoms with Gasteiger partial charge in [-0.25, -0.2) is 0 Å². The van der Waals surface area contributed by atoms with Gasteiger partial charge < -0.3 is 5.73 Å². The topological polar surface area (TPSA) is 29.3 Å². The maximum atomic E-state index is 6.41. The van der Waals surface area contributed by atoms with Gasteiger partial charge in [0.15, 0.2) is 0 Å². The Bertz CT molecular complexity index is 406. The summed E-state index contributed by atoms with van der Waals surface area (Å²) in [6.07, 6.45) is 2.34. The highest BCUT2D eigenvalue weighted by molar-refractivity contribution is 5.27. The van der Waals surface area contributed by atoms with Crippen molar-refractivity contribution in [1.82, 2.24) is 4.90 Å². The first kappa shape index (κ1) is 13.6. The second kappa shape index (κ2) is 5.02. The molecule has 0 aliphatic carbocycles. The van der Waals surface area contributed by atoms with Crippen molar-refractivity contribution in [2.45, 2.75) is 58.2 Å². The van der Waals surface area contributed by atoms with Gasteiger partial charge in [0.25, 0.3) is 0 Å². The zero-order valence-electron chi connectivity index (χ0n) is 12.1. The van der Waals surface area contributed by atoms with Crippen molar-refractivity contribution in [2.75, 3.05) is 6.54 Å². The molecule has 1 aliphatic heterocycles. The van der Waals surface area contributed by atoms with E-state index in [1.807, 2.05) is 0 Å². The standard InChI is InChI=1S/C16H26N2/c1-12-7-5-8-13(11-12)15-14(17)9-6-10-18(15)16(2,3)4/h5,7-8,11,14-15H,6,9-10,17H2,1-4H3. The Morgan fingerprint density at radius 3 is 2.61 bits per heavy atom. The average molecular weight is 246 g/mol. The van der Waals surface area contributed by atoms with Crippen LogP contribution in [0.4, 0.5) is 0 Å². The number of hydrogen-bond acceptors (Lipinski definition) is 2. The Morgan fingerprint density at radius 1 is 1.28 bits per heavy atom. The summed E-state index contributed by atoms with van der Waals surface area (Å²) in [4.78, 5) is 2.57. The fraction of sp³-hybridized carbons (Fsp3) is 0.625. The predicted octanol–water partition coefficient (Wildman–Crippen LogP) is 3.26. The van der Waals surface area contributed by atoms with Crippen molar-refractivity contribution >= 4 is 0 Å². The Balaban J connectivity index is 2.36. The quantitative estimate of drug-likeness (QED) is 0.824. The minimum atomic E-state index is 0.173. The molecule has 1 aliphatic rings.